The average molecular weight is 384 g/mol. The van der Waals surface area contributed by atoms with E-state index >= 15 is 0 Å². The Hall–Kier alpha value is -2.41. The maximum absolute atomic E-state index is 13.1. The number of hydrogen-bond acceptors (Lipinski definition) is 4. The van der Waals surface area contributed by atoms with Crippen molar-refractivity contribution in [2.24, 2.45) is 5.73 Å². The Kier molecular flexibility index (Phi) is 5.11. The second kappa shape index (κ2) is 7.68. The summed E-state index contributed by atoms with van der Waals surface area (Å²) in [6.45, 7) is 2.08. The monoisotopic (exact) mass is 383 g/mol. The van der Waals surface area contributed by atoms with Crippen LogP contribution in [-0.4, -0.2) is 46.5 Å². The van der Waals surface area contributed by atoms with Gasteiger partial charge in [-0.2, -0.15) is 0 Å². The van der Waals surface area contributed by atoms with E-state index in [0.717, 1.165) is 28.7 Å². The van der Waals surface area contributed by atoms with Crippen molar-refractivity contribution >= 4 is 28.5 Å². The second-order valence-corrected chi connectivity index (χ2v) is 7.26. The van der Waals surface area contributed by atoms with Crippen LogP contribution in [0.15, 0.2) is 48.8 Å². The molecule has 2 aromatic heterocycles. The third-order valence-corrected chi connectivity index (χ3v) is 5.30. The van der Waals surface area contributed by atoms with Gasteiger partial charge in [-0.15, -0.1) is 0 Å². The molecule has 1 aliphatic heterocycles. The third kappa shape index (κ3) is 3.69. The number of carbonyl (C=O) groups is 1. The number of amides is 1. The van der Waals surface area contributed by atoms with Crippen molar-refractivity contribution in [2.75, 3.05) is 19.6 Å². The van der Waals surface area contributed by atoms with Crippen molar-refractivity contribution in [3.63, 3.8) is 0 Å². The summed E-state index contributed by atoms with van der Waals surface area (Å²) in [5.74, 6) is -0.0343. The molecule has 2 unspecified atom stereocenters. The van der Waals surface area contributed by atoms with E-state index in [0.29, 0.717) is 24.5 Å². The van der Waals surface area contributed by atoms with Crippen molar-refractivity contribution in [3.05, 3.63) is 64.9 Å². The molecule has 4 rings (SSSR count). The van der Waals surface area contributed by atoms with Gasteiger partial charge in [0, 0.05) is 42.6 Å². The van der Waals surface area contributed by atoms with Crippen molar-refractivity contribution < 1.29 is 4.79 Å². The lowest BCUT2D eigenvalue weighted by Crippen LogP contribution is -2.54. The summed E-state index contributed by atoms with van der Waals surface area (Å²) >= 11 is 5.94. The number of nitrogens with zero attached hydrogens (tertiary/aromatic N) is 2. The Bertz CT molecular complexity index is 939. The van der Waals surface area contributed by atoms with Crippen LogP contribution in [0.5, 0.6) is 0 Å². The molecule has 3 heterocycles. The topological polar surface area (TPSA) is 87.0 Å². The molecule has 6 nitrogen and oxygen atoms in total. The molecule has 140 valence electrons. The number of rotatable bonds is 4. The number of piperazine rings is 1. The Morgan fingerprint density at radius 2 is 2.11 bits per heavy atom. The zero-order chi connectivity index (χ0) is 18.8. The highest BCUT2D eigenvalue weighted by Crippen LogP contribution is 2.28. The van der Waals surface area contributed by atoms with Crippen LogP contribution in [0.1, 0.15) is 17.2 Å². The lowest BCUT2D eigenvalue weighted by Gasteiger charge is -2.38. The van der Waals surface area contributed by atoms with Gasteiger partial charge in [0.15, 0.2) is 0 Å². The number of carbonyl (C=O) groups excluding carboxylic acids is 1. The summed E-state index contributed by atoms with van der Waals surface area (Å²) in [7, 11) is 0. The van der Waals surface area contributed by atoms with Gasteiger partial charge in [0.1, 0.15) is 0 Å². The lowest BCUT2D eigenvalue weighted by molar-refractivity contribution is -0.135. The Labute approximate surface area is 162 Å². The number of aromatic nitrogens is 2. The first kappa shape index (κ1) is 18.0. The predicted octanol–water partition coefficient (Wildman–Crippen LogP) is 2.26. The van der Waals surface area contributed by atoms with Gasteiger partial charge in [-0.1, -0.05) is 23.7 Å². The standard InChI is InChI=1S/C20H22ClN5O/c21-14-3-1-13(2-4-14)11-16(22)20(27)26-10-9-23-12-18(26)15-5-7-24-17-6-8-25-19(15)17/h1-8,16,18,23,25H,9-12,22H2. The molecule has 1 aromatic carbocycles. The lowest BCUT2D eigenvalue weighted by atomic mass is 10.00. The molecular weight excluding hydrogens is 362 g/mol. The molecule has 0 spiro atoms. The minimum atomic E-state index is -0.590. The number of benzene rings is 1. The molecule has 4 N–H and O–H groups in total. The molecule has 2 atom stereocenters. The first-order valence-electron chi connectivity index (χ1n) is 9.06. The van der Waals surface area contributed by atoms with Crippen LogP contribution in [-0.2, 0) is 11.2 Å². The van der Waals surface area contributed by atoms with E-state index in [4.69, 9.17) is 17.3 Å². The summed E-state index contributed by atoms with van der Waals surface area (Å²) in [6.07, 6.45) is 4.15. The number of hydrogen-bond donors (Lipinski definition) is 3. The van der Waals surface area contributed by atoms with E-state index in [1.165, 1.54) is 0 Å². The Morgan fingerprint density at radius 3 is 2.93 bits per heavy atom. The molecule has 1 saturated heterocycles. The summed E-state index contributed by atoms with van der Waals surface area (Å²) in [4.78, 5) is 22.7. The van der Waals surface area contributed by atoms with Gasteiger partial charge in [-0.3, -0.25) is 9.78 Å². The van der Waals surface area contributed by atoms with Gasteiger partial charge in [-0.25, -0.2) is 0 Å². The second-order valence-electron chi connectivity index (χ2n) is 6.83. The van der Waals surface area contributed by atoms with Gasteiger partial charge in [0.05, 0.1) is 23.1 Å². The van der Waals surface area contributed by atoms with E-state index in [1.54, 1.807) is 6.20 Å². The SMILES string of the molecule is NC(Cc1ccc(Cl)cc1)C(=O)N1CCNCC1c1ccnc2cc[nH]c12. The van der Waals surface area contributed by atoms with E-state index in [2.05, 4.69) is 15.3 Å². The van der Waals surface area contributed by atoms with Crippen LogP contribution in [0, 0.1) is 0 Å². The van der Waals surface area contributed by atoms with Gasteiger partial charge in [0.2, 0.25) is 5.91 Å². The molecular formula is C20H22ClN5O. The van der Waals surface area contributed by atoms with Crippen molar-refractivity contribution in [3.8, 4) is 0 Å². The number of nitrogens with one attached hydrogen (secondary N) is 2. The molecule has 3 aromatic rings. The third-order valence-electron chi connectivity index (χ3n) is 5.05. The molecule has 0 aliphatic carbocycles. The Morgan fingerprint density at radius 1 is 1.30 bits per heavy atom. The van der Waals surface area contributed by atoms with Gasteiger partial charge < -0.3 is 20.9 Å². The van der Waals surface area contributed by atoms with E-state index < -0.39 is 6.04 Å². The number of pyridine rings is 1. The number of halogens is 1. The van der Waals surface area contributed by atoms with Gasteiger partial charge in [0.25, 0.3) is 0 Å². The number of fused-ring (bicyclic) bond motifs is 1. The van der Waals surface area contributed by atoms with Crippen LogP contribution >= 0.6 is 11.6 Å². The maximum atomic E-state index is 13.1. The first-order chi connectivity index (χ1) is 13.1. The quantitative estimate of drug-likeness (QED) is 0.645. The fourth-order valence-electron chi connectivity index (χ4n) is 3.68. The van der Waals surface area contributed by atoms with E-state index in [-0.39, 0.29) is 11.9 Å². The van der Waals surface area contributed by atoms with Crippen molar-refractivity contribution in [1.82, 2.24) is 20.2 Å². The van der Waals surface area contributed by atoms with Crippen LogP contribution in [0.4, 0.5) is 0 Å². The highest BCUT2D eigenvalue weighted by Gasteiger charge is 2.32. The summed E-state index contributed by atoms with van der Waals surface area (Å²) < 4.78 is 0. The van der Waals surface area contributed by atoms with E-state index in [9.17, 15) is 4.79 Å². The normalized spacial score (nSPS) is 18.6. The fraction of sp³-hybridized carbons (Fsp3) is 0.300. The fourth-order valence-corrected chi connectivity index (χ4v) is 3.81. The van der Waals surface area contributed by atoms with Crippen molar-refractivity contribution in [2.45, 2.75) is 18.5 Å². The predicted molar refractivity (Wildman–Crippen MR) is 107 cm³/mol. The minimum absolute atomic E-state index is 0.0343. The van der Waals surface area contributed by atoms with Gasteiger partial charge in [-0.05, 0) is 36.2 Å². The average Bonchev–Trinajstić information content (AvgIpc) is 3.18. The Balaban J connectivity index is 1.57. The largest absolute Gasteiger partial charge is 0.360 e. The molecule has 0 radical (unpaired) electrons. The number of aromatic amines is 1. The summed E-state index contributed by atoms with van der Waals surface area (Å²) in [5, 5.41) is 4.06. The van der Waals surface area contributed by atoms with Crippen LogP contribution in [0.2, 0.25) is 5.02 Å². The van der Waals surface area contributed by atoms with Crippen molar-refractivity contribution in [1.29, 1.82) is 0 Å². The molecule has 0 bridgehead atoms. The van der Waals surface area contributed by atoms with Gasteiger partial charge >= 0.3 is 0 Å². The van der Waals surface area contributed by atoms with E-state index in [1.807, 2.05) is 47.5 Å². The molecule has 7 heteroatoms. The minimum Gasteiger partial charge on any atom is -0.360 e. The van der Waals surface area contributed by atoms with Crippen LogP contribution in [0.3, 0.4) is 0 Å². The highest BCUT2D eigenvalue weighted by molar-refractivity contribution is 6.30. The number of nitrogens with two attached hydrogens (primary N) is 1. The van der Waals surface area contributed by atoms with Crippen LogP contribution in [0.25, 0.3) is 11.0 Å². The molecule has 0 saturated carbocycles. The number of H-pyrrole nitrogens is 1. The zero-order valence-electron chi connectivity index (χ0n) is 14.9. The maximum Gasteiger partial charge on any atom is 0.240 e. The zero-order valence-corrected chi connectivity index (χ0v) is 15.6. The van der Waals surface area contributed by atoms with Crippen LogP contribution < -0.4 is 11.1 Å². The molecule has 1 aliphatic rings. The molecule has 1 amide bonds. The summed E-state index contributed by atoms with van der Waals surface area (Å²) in [6, 6.07) is 10.7. The molecule has 27 heavy (non-hydrogen) atoms. The smallest absolute Gasteiger partial charge is 0.240 e. The molecule has 1 fully saturated rings. The first-order valence-corrected chi connectivity index (χ1v) is 9.44. The summed E-state index contributed by atoms with van der Waals surface area (Å²) in [5.41, 5.74) is 10.2. The highest BCUT2D eigenvalue weighted by atomic mass is 35.5.